The number of halogens is 1. The minimum atomic E-state index is -0.124. The van der Waals surface area contributed by atoms with Crippen LogP contribution in [0.15, 0.2) is 60.8 Å². The number of carbonyl (C=O) groups is 1. The molecule has 0 spiro atoms. The summed E-state index contributed by atoms with van der Waals surface area (Å²) in [7, 11) is 0. The normalized spacial score (nSPS) is 12.0. The van der Waals surface area contributed by atoms with Crippen LogP contribution in [0.4, 0.5) is 0 Å². The molecule has 0 bridgehead atoms. The molecule has 1 aromatic heterocycles. The SMILES string of the molecule is CCc1c(C(=O)NC(C)c2ccccc2)cnn1-c1cccc(Cl)c1. The predicted octanol–water partition coefficient (Wildman–Crippen LogP) is 4.58. The van der Waals surface area contributed by atoms with Crippen molar-refractivity contribution in [3.05, 3.63) is 82.6 Å². The van der Waals surface area contributed by atoms with Crippen molar-refractivity contribution in [2.45, 2.75) is 26.3 Å². The lowest BCUT2D eigenvalue weighted by atomic mass is 10.1. The van der Waals surface area contributed by atoms with E-state index >= 15 is 0 Å². The molecule has 0 radical (unpaired) electrons. The van der Waals surface area contributed by atoms with Crippen LogP contribution >= 0.6 is 11.6 Å². The minimum absolute atomic E-state index is 0.0760. The third kappa shape index (κ3) is 3.74. The topological polar surface area (TPSA) is 46.9 Å². The summed E-state index contributed by atoms with van der Waals surface area (Å²) < 4.78 is 1.77. The number of aromatic nitrogens is 2. The first-order chi connectivity index (χ1) is 12.1. The Morgan fingerprint density at radius 3 is 2.64 bits per heavy atom. The van der Waals surface area contributed by atoms with E-state index in [1.165, 1.54) is 0 Å². The largest absolute Gasteiger partial charge is 0.345 e. The fourth-order valence-corrected chi connectivity index (χ4v) is 3.02. The van der Waals surface area contributed by atoms with Crippen LogP contribution in [-0.4, -0.2) is 15.7 Å². The summed E-state index contributed by atoms with van der Waals surface area (Å²) in [4.78, 5) is 12.7. The lowest BCUT2D eigenvalue weighted by Gasteiger charge is -2.14. The van der Waals surface area contributed by atoms with E-state index in [0.29, 0.717) is 17.0 Å². The Balaban J connectivity index is 1.86. The highest BCUT2D eigenvalue weighted by molar-refractivity contribution is 6.30. The molecule has 1 amide bonds. The molecule has 1 N–H and O–H groups in total. The lowest BCUT2D eigenvalue weighted by Crippen LogP contribution is -2.27. The monoisotopic (exact) mass is 353 g/mol. The zero-order valence-corrected chi connectivity index (χ0v) is 15.0. The van der Waals surface area contributed by atoms with E-state index < -0.39 is 0 Å². The third-order valence-electron chi connectivity index (χ3n) is 4.15. The maximum atomic E-state index is 12.7. The van der Waals surface area contributed by atoms with Crippen molar-refractivity contribution in [1.29, 1.82) is 0 Å². The van der Waals surface area contributed by atoms with E-state index in [2.05, 4.69) is 10.4 Å². The van der Waals surface area contributed by atoms with Gasteiger partial charge >= 0.3 is 0 Å². The van der Waals surface area contributed by atoms with E-state index in [1.807, 2.05) is 68.4 Å². The first-order valence-electron chi connectivity index (χ1n) is 8.28. The summed E-state index contributed by atoms with van der Waals surface area (Å²) in [6, 6.07) is 17.3. The van der Waals surface area contributed by atoms with Crippen molar-refractivity contribution in [1.82, 2.24) is 15.1 Å². The molecule has 3 rings (SSSR count). The first-order valence-corrected chi connectivity index (χ1v) is 8.66. The maximum Gasteiger partial charge on any atom is 0.255 e. The van der Waals surface area contributed by atoms with Crippen molar-refractivity contribution < 1.29 is 4.79 Å². The number of amides is 1. The van der Waals surface area contributed by atoms with Crippen LogP contribution < -0.4 is 5.32 Å². The third-order valence-corrected chi connectivity index (χ3v) is 4.38. The van der Waals surface area contributed by atoms with Gasteiger partial charge in [0.05, 0.1) is 29.2 Å². The van der Waals surface area contributed by atoms with Crippen LogP contribution in [-0.2, 0) is 6.42 Å². The summed E-state index contributed by atoms with van der Waals surface area (Å²) >= 11 is 6.08. The van der Waals surface area contributed by atoms with Gasteiger partial charge in [0.15, 0.2) is 0 Å². The van der Waals surface area contributed by atoms with Crippen molar-refractivity contribution >= 4 is 17.5 Å². The number of hydrogen-bond donors (Lipinski definition) is 1. The second-order valence-corrected chi connectivity index (χ2v) is 6.29. The van der Waals surface area contributed by atoms with Gasteiger partial charge in [-0.05, 0) is 37.1 Å². The summed E-state index contributed by atoms with van der Waals surface area (Å²) in [5, 5.41) is 8.08. The molecule has 1 heterocycles. The molecule has 1 atom stereocenters. The summed E-state index contributed by atoms with van der Waals surface area (Å²) in [5.74, 6) is -0.124. The maximum absolute atomic E-state index is 12.7. The zero-order chi connectivity index (χ0) is 17.8. The van der Waals surface area contributed by atoms with Gasteiger partial charge in [0.25, 0.3) is 5.91 Å². The van der Waals surface area contributed by atoms with Crippen LogP contribution in [0.1, 0.15) is 41.5 Å². The van der Waals surface area contributed by atoms with E-state index in [1.54, 1.807) is 10.9 Å². The summed E-state index contributed by atoms with van der Waals surface area (Å²) in [6.45, 7) is 3.98. The van der Waals surface area contributed by atoms with Gasteiger partial charge in [-0.15, -0.1) is 0 Å². The molecule has 0 saturated carbocycles. The van der Waals surface area contributed by atoms with Gasteiger partial charge in [0, 0.05) is 5.02 Å². The van der Waals surface area contributed by atoms with Crippen LogP contribution in [0.2, 0.25) is 5.02 Å². The Kier molecular flexibility index (Phi) is 5.19. The molecule has 25 heavy (non-hydrogen) atoms. The molecule has 0 saturated heterocycles. The molecular formula is C20H20ClN3O. The van der Waals surface area contributed by atoms with E-state index in [-0.39, 0.29) is 11.9 Å². The number of benzene rings is 2. The average molecular weight is 354 g/mol. The molecule has 4 nitrogen and oxygen atoms in total. The van der Waals surface area contributed by atoms with Crippen LogP contribution in [0.25, 0.3) is 5.69 Å². The standard InChI is InChI=1S/C20H20ClN3O/c1-3-19-18(13-22-24(19)17-11-7-10-16(21)12-17)20(25)23-14(2)15-8-5-4-6-9-15/h4-14H,3H2,1-2H3,(H,23,25). The number of nitrogens with zero attached hydrogens (tertiary/aromatic N) is 2. The molecule has 3 aromatic rings. The quantitative estimate of drug-likeness (QED) is 0.729. The number of rotatable bonds is 5. The summed E-state index contributed by atoms with van der Waals surface area (Å²) in [5.41, 5.74) is 3.36. The highest BCUT2D eigenvalue weighted by Gasteiger charge is 2.19. The molecular weight excluding hydrogens is 334 g/mol. The number of carbonyl (C=O) groups excluding carboxylic acids is 1. The molecule has 0 aliphatic carbocycles. The molecule has 0 aliphatic heterocycles. The van der Waals surface area contributed by atoms with Crippen LogP contribution in [0, 0.1) is 0 Å². The van der Waals surface area contributed by atoms with Crippen molar-refractivity contribution in [2.24, 2.45) is 0 Å². The second kappa shape index (κ2) is 7.53. The molecule has 1 unspecified atom stereocenters. The van der Waals surface area contributed by atoms with E-state index in [9.17, 15) is 4.79 Å². The Morgan fingerprint density at radius 2 is 1.96 bits per heavy atom. The van der Waals surface area contributed by atoms with Crippen molar-refractivity contribution in [2.75, 3.05) is 0 Å². The number of nitrogens with one attached hydrogen (secondary N) is 1. The fraction of sp³-hybridized carbons (Fsp3) is 0.200. The first kappa shape index (κ1) is 17.2. The zero-order valence-electron chi connectivity index (χ0n) is 14.2. The highest BCUT2D eigenvalue weighted by Crippen LogP contribution is 2.20. The fourth-order valence-electron chi connectivity index (χ4n) is 2.83. The molecule has 2 aromatic carbocycles. The van der Waals surface area contributed by atoms with Crippen LogP contribution in [0.3, 0.4) is 0 Å². The smallest absolute Gasteiger partial charge is 0.255 e. The van der Waals surface area contributed by atoms with Gasteiger partial charge in [-0.2, -0.15) is 5.10 Å². The molecule has 5 heteroatoms. The van der Waals surface area contributed by atoms with E-state index in [0.717, 1.165) is 16.9 Å². The summed E-state index contributed by atoms with van der Waals surface area (Å²) in [6.07, 6.45) is 2.31. The van der Waals surface area contributed by atoms with Gasteiger partial charge in [0.1, 0.15) is 0 Å². The van der Waals surface area contributed by atoms with Crippen LogP contribution in [0.5, 0.6) is 0 Å². The Bertz CT molecular complexity index is 874. The average Bonchev–Trinajstić information content (AvgIpc) is 3.06. The van der Waals surface area contributed by atoms with Gasteiger partial charge in [-0.3, -0.25) is 4.79 Å². The Morgan fingerprint density at radius 1 is 1.20 bits per heavy atom. The number of hydrogen-bond acceptors (Lipinski definition) is 2. The van der Waals surface area contributed by atoms with Gasteiger partial charge in [-0.25, -0.2) is 4.68 Å². The highest BCUT2D eigenvalue weighted by atomic mass is 35.5. The van der Waals surface area contributed by atoms with E-state index in [4.69, 9.17) is 11.6 Å². The van der Waals surface area contributed by atoms with Crippen molar-refractivity contribution in [3.63, 3.8) is 0 Å². The second-order valence-electron chi connectivity index (χ2n) is 5.86. The lowest BCUT2D eigenvalue weighted by molar-refractivity contribution is 0.0939. The Labute approximate surface area is 152 Å². The molecule has 0 aliphatic rings. The van der Waals surface area contributed by atoms with Gasteiger partial charge in [0.2, 0.25) is 0 Å². The van der Waals surface area contributed by atoms with Gasteiger partial charge in [-0.1, -0.05) is 54.9 Å². The van der Waals surface area contributed by atoms with Gasteiger partial charge < -0.3 is 5.32 Å². The Hall–Kier alpha value is -2.59. The minimum Gasteiger partial charge on any atom is -0.345 e. The molecule has 0 fully saturated rings. The molecule has 128 valence electrons. The predicted molar refractivity (Wildman–Crippen MR) is 100 cm³/mol. The van der Waals surface area contributed by atoms with Crippen molar-refractivity contribution in [3.8, 4) is 5.69 Å².